The van der Waals surface area contributed by atoms with Gasteiger partial charge in [0.25, 0.3) is 0 Å². The molecule has 18 heavy (non-hydrogen) atoms. The third-order valence-corrected chi connectivity index (χ3v) is 4.37. The third kappa shape index (κ3) is 9.05. The number of alkyl halides is 3. The number of thioether (sulfide) groups is 1. The van der Waals surface area contributed by atoms with Crippen LogP contribution in [0.2, 0.25) is 0 Å². The normalized spacial score (nSPS) is 18.2. The van der Waals surface area contributed by atoms with Crippen LogP contribution in [-0.2, 0) is 0 Å². The number of unbranched alkanes of at least 4 members (excludes halogenated alkanes) is 1. The molecule has 2 N–H and O–H groups in total. The van der Waals surface area contributed by atoms with Crippen molar-refractivity contribution < 1.29 is 13.2 Å². The second-order valence-corrected chi connectivity index (χ2v) is 6.05. The first-order valence-corrected chi connectivity index (χ1v) is 7.72. The van der Waals surface area contributed by atoms with Crippen LogP contribution in [0.25, 0.3) is 0 Å². The lowest BCUT2D eigenvalue weighted by Crippen LogP contribution is -2.30. The zero-order valence-electron chi connectivity index (χ0n) is 10.7. The van der Waals surface area contributed by atoms with Crippen LogP contribution in [0.15, 0.2) is 0 Å². The van der Waals surface area contributed by atoms with Crippen molar-refractivity contribution in [2.45, 2.75) is 43.5 Å². The van der Waals surface area contributed by atoms with Gasteiger partial charge in [0.15, 0.2) is 0 Å². The zero-order valence-corrected chi connectivity index (χ0v) is 11.5. The van der Waals surface area contributed by atoms with Gasteiger partial charge in [0.2, 0.25) is 0 Å². The third-order valence-electron chi connectivity index (χ3n) is 2.98. The quantitative estimate of drug-likeness (QED) is 0.670. The predicted molar refractivity (Wildman–Crippen MR) is 71.1 cm³/mol. The van der Waals surface area contributed by atoms with E-state index >= 15 is 0 Å². The molecule has 1 fully saturated rings. The van der Waals surface area contributed by atoms with E-state index in [1.54, 1.807) is 0 Å². The fourth-order valence-corrected chi connectivity index (χ4v) is 3.12. The van der Waals surface area contributed by atoms with Crippen molar-refractivity contribution >= 4 is 11.8 Å². The van der Waals surface area contributed by atoms with E-state index in [0.29, 0.717) is 13.0 Å². The summed E-state index contributed by atoms with van der Waals surface area (Å²) >= 11 is 1.98. The monoisotopic (exact) mass is 284 g/mol. The lowest BCUT2D eigenvalue weighted by molar-refractivity contribution is -0.135. The predicted octanol–water partition coefficient (Wildman–Crippen LogP) is 2.79. The van der Waals surface area contributed by atoms with Gasteiger partial charge in [-0.1, -0.05) is 0 Å². The molecule has 2 nitrogen and oxygen atoms in total. The molecule has 0 atom stereocenters. The Balaban J connectivity index is 1.81. The lowest BCUT2D eigenvalue weighted by Gasteiger charge is -2.22. The van der Waals surface area contributed by atoms with Crippen LogP contribution >= 0.6 is 11.8 Å². The van der Waals surface area contributed by atoms with Gasteiger partial charge in [0.05, 0.1) is 0 Å². The average molecular weight is 284 g/mol. The molecule has 1 saturated heterocycles. The van der Waals surface area contributed by atoms with Crippen LogP contribution in [0.4, 0.5) is 13.2 Å². The second kappa shape index (κ2) is 9.04. The molecular formula is C12H23F3N2S. The molecule has 108 valence electrons. The highest BCUT2D eigenvalue weighted by atomic mass is 32.2. The molecule has 1 heterocycles. The Labute approximate surface area is 111 Å². The molecule has 0 amide bonds. The smallest absolute Gasteiger partial charge is 0.317 e. The van der Waals surface area contributed by atoms with Gasteiger partial charge in [-0.15, -0.1) is 0 Å². The molecule has 0 radical (unpaired) electrons. The van der Waals surface area contributed by atoms with E-state index in [2.05, 4.69) is 10.6 Å². The van der Waals surface area contributed by atoms with Gasteiger partial charge in [-0.2, -0.15) is 24.9 Å². The van der Waals surface area contributed by atoms with E-state index in [4.69, 9.17) is 0 Å². The summed E-state index contributed by atoms with van der Waals surface area (Å²) in [5, 5.41) is 7.30. The summed E-state index contributed by atoms with van der Waals surface area (Å²) in [4.78, 5) is 0. The summed E-state index contributed by atoms with van der Waals surface area (Å²) in [5.41, 5.74) is 0. The van der Waals surface area contributed by atoms with Crippen LogP contribution in [0.3, 0.4) is 0 Å². The number of piperidine rings is 1. The van der Waals surface area contributed by atoms with E-state index in [9.17, 15) is 13.2 Å². The minimum Gasteiger partial charge on any atom is -0.317 e. The van der Waals surface area contributed by atoms with Crippen LogP contribution in [0.1, 0.15) is 32.1 Å². The average Bonchev–Trinajstić information content (AvgIpc) is 2.32. The molecule has 0 unspecified atom stereocenters. The Morgan fingerprint density at radius 2 is 1.83 bits per heavy atom. The number of rotatable bonds is 8. The molecule has 0 aromatic heterocycles. The Morgan fingerprint density at radius 1 is 1.11 bits per heavy atom. The summed E-state index contributed by atoms with van der Waals surface area (Å²) in [6.45, 7) is 3.83. The molecule has 0 aliphatic carbocycles. The first kappa shape index (κ1) is 16.1. The van der Waals surface area contributed by atoms with Gasteiger partial charge in [-0.3, -0.25) is 0 Å². The first-order valence-electron chi connectivity index (χ1n) is 6.68. The first-order chi connectivity index (χ1) is 8.58. The molecule has 0 saturated carbocycles. The van der Waals surface area contributed by atoms with Gasteiger partial charge >= 0.3 is 6.18 Å². The van der Waals surface area contributed by atoms with E-state index in [0.717, 1.165) is 30.6 Å². The Kier molecular flexibility index (Phi) is 8.10. The summed E-state index contributed by atoms with van der Waals surface area (Å²) in [6.07, 6.45) is -1.34. The molecule has 0 spiro atoms. The molecule has 6 heteroatoms. The number of halogens is 3. The molecular weight excluding hydrogens is 261 g/mol. The van der Waals surface area contributed by atoms with Crippen molar-refractivity contribution in [2.75, 3.05) is 31.9 Å². The largest absolute Gasteiger partial charge is 0.389 e. The topological polar surface area (TPSA) is 24.1 Å². The van der Waals surface area contributed by atoms with Crippen molar-refractivity contribution in [3.63, 3.8) is 0 Å². The van der Waals surface area contributed by atoms with Gasteiger partial charge in [0.1, 0.15) is 0 Å². The number of hydrogen-bond acceptors (Lipinski definition) is 3. The summed E-state index contributed by atoms with van der Waals surface area (Å²) in [7, 11) is 0. The van der Waals surface area contributed by atoms with Crippen molar-refractivity contribution in [3.05, 3.63) is 0 Å². The lowest BCUT2D eigenvalue weighted by atomic mass is 10.2. The van der Waals surface area contributed by atoms with Crippen molar-refractivity contribution in [1.29, 1.82) is 0 Å². The maximum Gasteiger partial charge on any atom is 0.389 e. The standard InChI is InChI=1S/C12H23F3N2S/c13-12(14,15)5-1-2-6-16-9-10-18-11-3-7-17-8-4-11/h11,16-17H,1-10H2. The molecule has 0 bridgehead atoms. The van der Waals surface area contributed by atoms with Gasteiger partial charge in [-0.05, 0) is 45.3 Å². The molecule has 1 aliphatic rings. The van der Waals surface area contributed by atoms with Gasteiger partial charge < -0.3 is 10.6 Å². The Bertz CT molecular complexity index is 206. The van der Waals surface area contributed by atoms with Gasteiger partial charge in [0, 0.05) is 24.0 Å². The number of hydrogen-bond donors (Lipinski definition) is 2. The van der Waals surface area contributed by atoms with Crippen molar-refractivity contribution in [3.8, 4) is 0 Å². The summed E-state index contributed by atoms with van der Waals surface area (Å²) in [6, 6.07) is 0. The number of nitrogens with one attached hydrogen (secondary N) is 2. The fourth-order valence-electron chi connectivity index (χ4n) is 1.96. The van der Waals surface area contributed by atoms with E-state index < -0.39 is 12.6 Å². The Morgan fingerprint density at radius 3 is 2.50 bits per heavy atom. The maximum atomic E-state index is 11.9. The van der Waals surface area contributed by atoms with Crippen molar-refractivity contribution in [1.82, 2.24) is 10.6 Å². The van der Waals surface area contributed by atoms with E-state index in [-0.39, 0.29) is 6.42 Å². The van der Waals surface area contributed by atoms with Crippen LogP contribution in [0, 0.1) is 0 Å². The molecule has 1 aliphatic heterocycles. The van der Waals surface area contributed by atoms with Crippen LogP contribution in [0.5, 0.6) is 0 Å². The fraction of sp³-hybridized carbons (Fsp3) is 1.00. The van der Waals surface area contributed by atoms with Crippen LogP contribution < -0.4 is 10.6 Å². The maximum absolute atomic E-state index is 11.9. The van der Waals surface area contributed by atoms with E-state index in [1.165, 1.54) is 12.8 Å². The Hall–Kier alpha value is 0.0600. The van der Waals surface area contributed by atoms with Gasteiger partial charge in [-0.25, -0.2) is 0 Å². The minimum atomic E-state index is -4.00. The van der Waals surface area contributed by atoms with Crippen LogP contribution in [-0.4, -0.2) is 43.4 Å². The summed E-state index contributed by atoms with van der Waals surface area (Å²) < 4.78 is 35.6. The van der Waals surface area contributed by atoms with Crippen molar-refractivity contribution in [2.24, 2.45) is 0 Å². The zero-order chi connectivity index (χ0) is 13.3. The SMILES string of the molecule is FC(F)(F)CCCCNCCSC1CCNCC1. The highest BCUT2D eigenvalue weighted by Gasteiger charge is 2.25. The molecule has 0 aromatic carbocycles. The molecule has 1 rings (SSSR count). The summed E-state index contributed by atoms with van der Waals surface area (Å²) in [5.74, 6) is 1.06. The highest BCUT2D eigenvalue weighted by molar-refractivity contribution is 7.99. The molecule has 0 aromatic rings. The van der Waals surface area contributed by atoms with E-state index in [1.807, 2.05) is 11.8 Å². The second-order valence-electron chi connectivity index (χ2n) is 4.64. The minimum absolute atomic E-state index is 0.234. The highest BCUT2D eigenvalue weighted by Crippen LogP contribution is 2.22.